The molecule has 1 N–H and O–H groups in total. The summed E-state index contributed by atoms with van der Waals surface area (Å²) in [5, 5.41) is 2.80. The molecule has 7 heteroatoms. The second-order valence-corrected chi connectivity index (χ2v) is 7.45. The number of hydrogen-bond donors (Lipinski definition) is 1. The molecular weight excluding hydrogens is 340 g/mol. The molecule has 134 valence electrons. The maximum atomic E-state index is 12.0. The number of benzene rings is 2. The third-order valence-electron chi connectivity index (χ3n) is 3.64. The summed E-state index contributed by atoms with van der Waals surface area (Å²) in [4.78, 5) is 12.0. The molecule has 0 heterocycles. The second-order valence-electron chi connectivity index (χ2n) is 5.55. The number of hydrogen-bond acceptors (Lipinski definition) is 4. The number of ether oxygens (including phenoxy) is 1. The van der Waals surface area contributed by atoms with Crippen molar-refractivity contribution in [3.8, 4) is 5.75 Å². The first-order valence-corrected chi connectivity index (χ1v) is 9.67. The van der Waals surface area contributed by atoms with Gasteiger partial charge >= 0.3 is 0 Å². The molecule has 0 bridgehead atoms. The standard InChI is InChI=1S/C18H22N2O4S/c1-24-17-10-8-16(9-11-17)20(25(2,22)23)13-12-18(21)19-14-15-6-4-3-5-7-15/h3-11H,12-14H2,1-2H3,(H,19,21). The number of rotatable bonds is 8. The Balaban J connectivity index is 1.96. The van der Waals surface area contributed by atoms with Gasteiger partial charge in [0, 0.05) is 19.5 Å². The van der Waals surface area contributed by atoms with Crippen molar-refractivity contribution in [2.24, 2.45) is 0 Å². The van der Waals surface area contributed by atoms with E-state index in [-0.39, 0.29) is 18.9 Å². The molecule has 0 aromatic heterocycles. The summed E-state index contributed by atoms with van der Waals surface area (Å²) in [5.74, 6) is 0.434. The number of carbonyl (C=O) groups is 1. The molecule has 0 spiro atoms. The summed E-state index contributed by atoms with van der Waals surface area (Å²) in [6.45, 7) is 0.493. The van der Waals surface area contributed by atoms with E-state index in [9.17, 15) is 13.2 Å². The minimum Gasteiger partial charge on any atom is -0.497 e. The lowest BCUT2D eigenvalue weighted by atomic mass is 10.2. The second kappa shape index (κ2) is 8.53. The van der Waals surface area contributed by atoms with Crippen molar-refractivity contribution >= 4 is 21.6 Å². The predicted molar refractivity (Wildman–Crippen MR) is 98.1 cm³/mol. The van der Waals surface area contributed by atoms with Crippen molar-refractivity contribution in [2.45, 2.75) is 13.0 Å². The number of methoxy groups -OCH3 is 1. The van der Waals surface area contributed by atoms with Crippen molar-refractivity contribution < 1.29 is 17.9 Å². The summed E-state index contributed by atoms with van der Waals surface area (Å²) < 4.78 is 30.4. The normalized spacial score (nSPS) is 11.0. The number of sulfonamides is 1. The minimum atomic E-state index is -3.49. The quantitative estimate of drug-likeness (QED) is 0.781. The first kappa shape index (κ1) is 18.8. The average Bonchev–Trinajstić information content (AvgIpc) is 2.60. The van der Waals surface area contributed by atoms with Gasteiger partial charge in [-0.15, -0.1) is 0 Å². The van der Waals surface area contributed by atoms with E-state index in [4.69, 9.17) is 4.74 Å². The van der Waals surface area contributed by atoms with Gasteiger partial charge in [0.15, 0.2) is 0 Å². The summed E-state index contributed by atoms with van der Waals surface area (Å²) in [6.07, 6.45) is 1.20. The van der Waals surface area contributed by atoms with Crippen LogP contribution in [0.15, 0.2) is 54.6 Å². The van der Waals surface area contributed by atoms with Gasteiger partial charge in [0.05, 0.1) is 19.1 Å². The van der Waals surface area contributed by atoms with Gasteiger partial charge in [0.2, 0.25) is 15.9 Å². The molecular formula is C18H22N2O4S. The molecule has 0 fully saturated rings. The van der Waals surface area contributed by atoms with Gasteiger partial charge in [-0.2, -0.15) is 0 Å². The van der Waals surface area contributed by atoms with Gasteiger partial charge in [-0.1, -0.05) is 30.3 Å². The van der Waals surface area contributed by atoms with Crippen LogP contribution in [0.1, 0.15) is 12.0 Å². The first-order chi connectivity index (χ1) is 11.9. The zero-order chi connectivity index (χ0) is 18.3. The van der Waals surface area contributed by atoms with Crippen LogP contribution in [0.5, 0.6) is 5.75 Å². The molecule has 0 saturated carbocycles. The van der Waals surface area contributed by atoms with Crippen LogP contribution < -0.4 is 14.4 Å². The zero-order valence-corrected chi connectivity index (χ0v) is 15.1. The van der Waals surface area contributed by atoms with Crippen LogP contribution in [0.25, 0.3) is 0 Å². The van der Waals surface area contributed by atoms with Crippen molar-refractivity contribution in [3.05, 3.63) is 60.2 Å². The van der Waals surface area contributed by atoms with Gasteiger partial charge in [0.25, 0.3) is 0 Å². The third kappa shape index (κ3) is 5.79. The fourth-order valence-corrected chi connectivity index (χ4v) is 3.25. The van der Waals surface area contributed by atoms with Crippen LogP contribution >= 0.6 is 0 Å². The lowest BCUT2D eigenvalue weighted by molar-refractivity contribution is -0.121. The SMILES string of the molecule is COc1ccc(N(CCC(=O)NCc2ccccc2)S(C)(=O)=O)cc1. The fraction of sp³-hybridized carbons (Fsp3) is 0.278. The number of nitrogens with zero attached hydrogens (tertiary/aromatic N) is 1. The molecule has 0 unspecified atom stereocenters. The number of carbonyl (C=O) groups excluding carboxylic acids is 1. The van der Waals surface area contributed by atoms with Crippen LogP contribution in [-0.4, -0.2) is 34.2 Å². The third-order valence-corrected chi connectivity index (χ3v) is 4.83. The Morgan fingerprint density at radius 2 is 1.72 bits per heavy atom. The highest BCUT2D eigenvalue weighted by atomic mass is 32.2. The highest BCUT2D eigenvalue weighted by molar-refractivity contribution is 7.92. The molecule has 2 aromatic rings. The lowest BCUT2D eigenvalue weighted by Crippen LogP contribution is -2.34. The monoisotopic (exact) mass is 362 g/mol. The maximum absolute atomic E-state index is 12.0. The van der Waals surface area contributed by atoms with Gasteiger partial charge in [-0.05, 0) is 29.8 Å². The molecule has 25 heavy (non-hydrogen) atoms. The molecule has 0 aliphatic carbocycles. The average molecular weight is 362 g/mol. The molecule has 0 saturated heterocycles. The van der Waals surface area contributed by atoms with Gasteiger partial charge in [-0.25, -0.2) is 8.42 Å². The van der Waals surface area contributed by atoms with E-state index in [1.165, 1.54) is 4.31 Å². The highest BCUT2D eigenvalue weighted by Crippen LogP contribution is 2.21. The summed E-state index contributed by atoms with van der Waals surface area (Å²) >= 11 is 0. The van der Waals surface area contributed by atoms with E-state index >= 15 is 0 Å². The Morgan fingerprint density at radius 3 is 2.28 bits per heavy atom. The van der Waals surface area contributed by atoms with E-state index in [0.717, 1.165) is 11.8 Å². The van der Waals surface area contributed by atoms with Gasteiger partial charge < -0.3 is 10.1 Å². The van der Waals surface area contributed by atoms with E-state index in [0.29, 0.717) is 18.0 Å². The van der Waals surface area contributed by atoms with Crippen LogP contribution in [0, 0.1) is 0 Å². The zero-order valence-electron chi connectivity index (χ0n) is 14.3. The van der Waals surface area contributed by atoms with Crippen molar-refractivity contribution in [1.82, 2.24) is 5.32 Å². The van der Waals surface area contributed by atoms with Crippen molar-refractivity contribution in [2.75, 3.05) is 24.2 Å². The Kier molecular flexibility index (Phi) is 6.41. The van der Waals surface area contributed by atoms with E-state index < -0.39 is 10.0 Å². The van der Waals surface area contributed by atoms with Crippen LogP contribution in [0.2, 0.25) is 0 Å². The number of amides is 1. The van der Waals surface area contributed by atoms with Gasteiger partial charge in [-0.3, -0.25) is 9.10 Å². The van der Waals surface area contributed by atoms with Crippen molar-refractivity contribution in [3.63, 3.8) is 0 Å². The van der Waals surface area contributed by atoms with Gasteiger partial charge in [0.1, 0.15) is 5.75 Å². The number of nitrogens with one attached hydrogen (secondary N) is 1. The number of anilines is 1. The van der Waals surface area contributed by atoms with Crippen LogP contribution in [0.4, 0.5) is 5.69 Å². The molecule has 6 nitrogen and oxygen atoms in total. The minimum absolute atomic E-state index is 0.0752. The smallest absolute Gasteiger partial charge is 0.232 e. The highest BCUT2D eigenvalue weighted by Gasteiger charge is 2.18. The van der Waals surface area contributed by atoms with E-state index in [1.54, 1.807) is 31.4 Å². The molecule has 0 radical (unpaired) electrons. The Labute approximate surface area is 148 Å². The fourth-order valence-electron chi connectivity index (χ4n) is 2.32. The van der Waals surface area contributed by atoms with E-state index in [1.807, 2.05) is 30.3 Å². The molecule has 2 aromatic carbocycles. The Hall–Kier alpha value is -2.54. The van der Waals surface area contributed by atoms with E-state index in [2.05, 4.69) is 5.32 Å². The maximum Gasteiger partial charge on any atom is 0.232 e. The summed E-state index contributed by atoms with van der Waals surface area (Å²) in [5.41, 5.74) is 1.49. The molecule has 1 amide bonds. The summed E-state index contributed by atoms with van der Waals surface area (Å²) in [7, 11) is -1.95. The molecule has 0 aliphatic heterocycles. The van der Waals surface area contributed by atoms with Crippen molar-refractivity contribution in [1.29, 1.82) is 0 Å². The molecule has 0 atom stereocenters. The molecule has 0 aliphatic rings. The largest absolute Gasteiger partial charge is 0.497 e. The Bertz CT molecular complexity index is 790. The topological polar surface area (TPSA) is 75.7 Å². The Morgan fingerprint density at radius 1 is 1.08 bits per heavy atom. The molecule has 2 rings (SSSR count). The van der Waals surface area contributed by atoms with Crippen LogP contribution in [0.3, 0.4) is 0 Å². The summed E-state index contributed by atoms with van der Waals surface area (Å²) in [6, 6.07) is 16.2. The van der Waals surface area contributed by atoms with Crippen LogP contribution in [-0.2, 0) is 21.4 Å². The first-order valence-electron chi connectivity index (χ1n) is 7.82. The predicted octanol–water partition coefficient (Wildman–Crippen LogP) is 2.17. The lowest BCUT2D eigenvalue weighted by Gasteiger charge is -2.22.